The van der Waals surface area contributed by atoms with Gasteiger partial charge in [-0.15, -0.1) is 0 Å². The second-order valence-corrected chi connectivity index (χ2v) is 8.34. The normalized spacial score (nSPS) is 18.1. The van der Waals surface area contributed by atoms with Crippen molar-refractivity contribution in [3.63, 3.8) is 0 Å². The molecule has 0 aromatic heterocycles. The molecular formula is C10H16O5Si2. The van der Waals surface area contributed by atoms with E-state index in [4.69, 9.17) is 13.0 Å². The lowest BCUT2D eigenvalue weighted by atomic mass is 10.4. The third kappa shape index (κ3) is 3.33. The molecular weight excluding hydrogens is 256 g/mol. The molecule has 2 atom stereocenters. The fourth-order valence-corrected chi connectivity index (χ4v) is 5.31. The molecule has 0 saturated heterocycles. The zero-order valence-corrected chi connectivity index (χ0v) is 11.8. The van der Waals surface area contributed by atoms with E-state index in [2.05, 4.69) is 6.58 Å². The molecule has 1 aromatic rings. The first kappa shape index (κ1) is 14.3. The first-order valence-corrected chi connectivity index (χ1v) is 8.54. The minimum absolute atomic E-state index is 0.493. The SMILES string of the molecule is C=C[Si](O)(OC)O[Si](O)(OC)c1ccccc1. The quantitative estimate of drug-likeness (QED) is 0.702. The van der Waals surface area contributed by atoms with Crippen molar-refractivity contribution in [2.24, 2.45) is 0 Å². The number of rotatable bonds is 6. The van der Waals surface area contributed by atoms with Crippen molar-refractivity contribution in [3.8, 4) is 0 Å². The molecule has 0 radical (unpaired) electrons. The van der Waals surface area contributed by atoms with Crippen LogP contribution in [0.4, 0.5) is 0 Å². The Morgan fingerprint density at radius 1 is 1.12 bits per heavy atom. The van der Waals surface area contributed by atoms with E-state index in [0.717, 1.165) is 0 Å². The van der Waals surface area contributed by atoms with Crippen molar-refractivity contribution < 1.29 is 22.6 Å². The maximum absolute atomic E-state index is 10.3. The monoisotopic (exact) mass is 272 g/mol. The van der Waals surface area contributed by atoms with Crippen LogP contribution < -0.4 is 5.19 Å². The highest BCUT2D eigenvalue weighted by atomic mass is 28.5. The Kier molecular flexibility index (Phi) is 4.77. The lowest BCUT2D eigenvalue weighted by Gasteiger charge is -2.29. The average molecular weight is 272 g/mol. The third-order valence-corrected chi connectivity index (χ3v) is 7.24. The summed E-state index contributed by atoms with van der Waals surface area (Å²) in [4.78, 5) is 20.3. The summed E-state index contributed by atoms with van der Waals surface area (Å²) in [5.74, 6) is 0. The lowest BCUT2D eigenvalue weighted by Crippen LogP contribution is -2.61. The van der Waals surface area contributed by atoms with Crippen LogP contribution in [0.5, 0.6) is 0 Å². The Morgan fingerprint density at radius 3 is 2.12 bits per heavy atom. The van der Waals surface area contributed by atoms with E-state index in [1.807, 2.05) is 0 Å². The van der Waals surface area contributed by atoms with Gasteiger partial charge in [0, 0.05) is 19.4 Å². The van der Waals surface area contributed by atoms with E-state index in [1.54, 1.807) is 30.3 Å². The second kappa shape index (κ2) is 5.69. The predicted octanol–water partition coefficient (Wildman–Crippen LogP) is -0.209. The fourth-order valence-electron chi connectivity index (χ4n) is 1.23. The highest BCUT2D eigenvalue weighted by Crippen LogP contribution is 2.12. The fraction of sp³-hybridized carbons (Fsp3) is 0.200. The summed E-state index contributed by atoms with van der Waals surface area (Å²) < 4.78 is 15.2. The third-order valence-electron chi connectivity index (χ3n) is 2.25. The van der Waals surface area contributed by atoms with Crippen LogP contribution in [-0.2, 0) is 13.0 Å². The van der Waals surface area contributed by atoms with E-state index in [1.165, 1.54) is 19.9 Å². The molecule has 17 heavy (non-hydrogen) atoms. The lowest BCUT2D eigenvalue weighted by molar-refractivity contribution is 0.137. The van der Waals surface area contributed by atoms with Gasteiger partial charge in [0.15, 0.2) is 0 Å². The van der Waals surface area contributed by atoms with Gasteiger partial charge in [-0.25, -0.2) is 0 Å². The maximum atomic E-state index is 10.3. The Labute approximate surface area is 103 Å². The van der Waals surface area contributed by atoms with E-state index in [0.29, 0.717) is 5.19 Å². The van der Waals surface area contributed by atoms with Gasteiger partial charge in [0.05, 0.1) is 0 Å². The van der Waals surface area contributed by atoms with Gasteiger partial charge in [-0.2, -0.15) is 0 Å². The van der Waals surface area contributed by atoms with E-state index < -0.39 is 17.6 Å². The predicted molar refractivity (Wildman–Crippen MR) is 67.3 cm³/mol. The van der Waals surface area contributed by atoms with Crippen molar-refractivity contribution in [1.29, 1.82) is 0 Å². The molecule has 7 heteroatoms. The van der Waals surface area contributed by atoms with Crippen LogP contribution in [0.3, 0.4) is 0 Å². The molecule has 0 bridgehead atoms. The smallest absolute Gasteiger partial charge is 0.387 e. The van der Waals surface area contributed by atoms with Crippen molar-refractivity contribution in [2.75, 3.05) is 14.2 Å². The molecule has 0 amide bonds. The summed E-state index contributed by atoms with van der Waals surface area (Å²) in [6, 6.07) is 8.64. The van der Waals surface area contributed by atoms with Crippen LogP contribution in [0.2, 0.25) is 0 Å². The Balaban J connectivity index is 3.01. The van der Waals surface area contributed by atoms with Crippen LogP contribution in [0.25, 0.3) is 0 Å². The standard InChI is InChI=1S/C10H16O5Si2/c1-4-16(11,13-2)15-17(12,14-3)10-8-6-5-7-9-10/h4-9,11-12H,1H2,2-3H3. The summed E-state index contributed by atoms with van der Waals surface area (Å²) >= 11 is 0. The molecule has 1 aromatic carbocycles. The number of benzene rings is 1. The van der Waals surface area contributed by atoms with Crippen LogP contribution in [0.1, 0.15) is 0 Å². The highest BCUT2D eigenvalue weighted by molar-refractivity contribution is 6.83. The van der Waals surface area contributed by atoms with Crippen LogP contribution in [0.15, 0.2) is 42.6 Å². The molecule has 2 N–H and O–H groups in total. The topological polar surface area (TPSA) is 68.2 Å². The summed E-state index contributed by atoms with van der Waals surface area (Å²) in [5, 5.41) is 0.493. The van der Waals surface area contributed by atoms with Crippen LogP contribution >= 0.6 is 0 Å². The molecule has 0 spiro atoms. The second-order valence-electron chi connectivity index (χ2n) is 3.29. The van der Waals surface area contributed by atoms with Crippen molar-refractivity contribution in [2.45, 2.75) is 0 Å². The first-order chi connectivity index (χ1) is 7.99. The van der Waals surface area contributed by atoms with Gasteiger partial charge in [0.2, 0.25) is 0 Å². The minimum atomic E-state index is -3.66. The Morgan fingerprint density at radius 2 is 1.71 bits per heavy atom. The number of hydrogen-bond donors (Lipinski definition) is 2. The van der Waals surface area contributed by atoms with E-state index >= 15 is 0 Å². The van der Waals surface area contributed by atoms with Gasteiger partial charge < -0.3 is 22.6 Å². The minimum Gasteiger partial charge on any atom is -0.387 e. The summed E-state index contributed by atoms with van der Waals surface area (Å²) in [6.45, 7) is 3.43. The Bertz CT molecular complexity index is 374. The molecule has 0 heterocycles. The zero-order valence-electron chi connectivity index (χ0n) is 9.79. The molecule has 94 valence electrons. The van der Waals surface area contributed by atoms with Crippen LogP contribution in [0, 0.1) is 0 Å². The largest absolute Gasteiger partial charge is 0.527 e. The van der Waals surface area contributed by atoms with Gasteiger partial charge in [0.25, 0.3) is 0 Å². The molecule has 0 aliphatic heterocycles. The number of hydrogen-bond acceptors (Lipinski definition) is 5. The highest BCUT2D eigenvalue weighted by Gasteiger charge is 2.48. The van der Waals surface area contributed by atoms with Crippen LogP contribution in [-0.4, -0.2) is 41.4 Å². The van der Waals surface area contributed by atoms with Gasteiger partial charge in [-0.3, -0.25) is 0 Å². The zero-order chi connectivity index (χ0) is 12.9. The average Bonchev–Trinajstić information content (AvgIpc) is 2.39. The summed E-state index contributed by atoms with van der Waals surface area (Å²) in [5.41, 5.74) is 1.17. The van der Waals surface area contributed by atoms with Gasteiger partial charge >= 0.3 is 17.6 Å². The molecule has 1 rings (SSSR count). The summed E-state index contributed by atoms with van der Waals surface area (Å²) in [6.07, 6.45) is 0. The van der Waals surface area contributed by atoms with E-state index in [-0.39, 0.29) is 0 Å². The van der Waals surface area contributed by atoms with Crippen molar-refractivity contribution >= 4 is 22.8 Å². The summed E-state index contributed by atoms with van der Waals surface area (Å²) in [7, 11) is -4.63. The van der Waals surface area contributed by atoms with Gasteiger partial charge in [-0.1, -0.05) is 36.9 Å². The molecule has 5 nitrogen and oxygen atoms in total. The molecule has 0 aliphatic carbocycles. The Hall–Kier alpha value is -0.806. The van der Waals surface area contributed by atoms with Crippen molar-refractivity contribution in [1.82, 2.24) is 0 Å². The first-order valence-electron chi connectivity index (χ1n) is 4.94. The molecule has 0 saturated carbocycles. The molecule has 0 fully saturated rings. The molecule has 2 unspecified atom stereocenters. The van der Waals surface area contributed by atoms with Gasteiger partial charge in [0.1, 0.15) is 0 Å². The van der Waals surface area contributed by atoms with Crippen molar-refractivity contribution in [3.05, 3.63) is 42.6 Å². The molecule has 0 aliphatic rings. The van der Waals surface area contributed by atoms with Gasteiger partial charge in [-0.05, 0) is 5.70 Å². The maximum Gasteiger partial charge on any atom is 0.527 e. The van der Waals surface area contributed by atoms with E-state index in [9.17, 15) is 9.59 Å².